The molecule has 1 amide bonds. The zero-order valence-electron chi connectivity index (χ0n) is 14.6. The van der Waals surface area contributed by atoms with E-state index in [0.717, 1.165) is 11.3 Å². The molecule has 0 fully saturated rings. The molecule has 1 aromatic heterocycles. The van der Waals surface area contributed by atoms with Gasteiger partial charge in [-0.2, -0.15) is 0 Å². The second-order valence-corrected chi connectivity index (χ2v) is 8.15. The number of carbonyl (C=O) groups excluding carboxylic acids is 1. The van der Waals surface area contributed by atoms with Crippen molar-refractivity contribution in [3.8, 4) is 11.5 Å². The molecule has 1 aromatic carbocycles. The Kier molecular flexibility index (Phi) is 6.89. The minimum Gasteiger partial charge on any atom is -0.497 e. The third kappa shape index (κ3) is 5.64. The summed E-state index contributed by atoms with van der Waals surface area (Å²) in [6.07, 6.45) is 0.264. The number of aromatic nitrogens is 2. The number of sulfonamides is 1. The number of amides is 1. The standard InChI is InChI=1S/C15H20N4O5S2/c1-4-13(20)16-14-17-18-15(25-14)26(21,22)19-10(2)9-24-12-7-5-11(23-3)6-8-12/h5-8,10,19H,4,9H2,1-3H3,(H,16,17,20). The number of carbonyl (C=O) groups is 1. The van der Waals surface area contributed by atoms with Gasteiger partial charge in [0, 0.05) is 6.42 Å². The lowest BCUT2D eigenvalue weighted by atomic mass is 10.3. The van der Waals surface area contributed by atoms with Gasteiger partial charge in [0.2, 0.25) is 15.4 Å². The lowest BCUT2D eigenvalue weighted by Gasteiger charge is -2.14. The SMILES string of the molecule is CCC(=O)Nc1nnc(S(=O)(=O)NC(C)COc2ccc(OC)cc2)s1. The largest absolute Gasteiger partial charge is 0.497 e. The van der Waals surface area contributed by atoms with Crippen molar-refractivity contribution in [2.45, 2.75) is 30.6 Å². The van der Waals surface area contributed by atoms with Gasteiger partial charge in [-0.3, -0.25) is 4.79 Å². The molecule has 2 N–H and O–H groups in total. The molecular formula is C15H20N4O5S2. The maximum absolute atomic E-state index is 12.3. The Morgan fingerprint density at radius 3 is 2.50 bits per heavy atom. The highest BCUT2D eigenvalue weighted by Gasteiger charge is 2.23. The summed E-state index contributed by atoms with van der Waals surface area (Å²) in [6.45, 7) is 3.48. The molecule has 0 radical (unpaired) electrons. The number of methoxy groups -OCH3 is 1. The van der Waals surface area contributed by atoms with E-state index >= 15 is 0 Å². The summed E-state index contributed by atoms with van der Waals surface area (Å²) in [7, 11) is -2.28. The first-order chi connectivity index (χ1) is 12.3. The van der Waals surface area contributed by atoms with Gasteiger partial charge in [0.05, 0.1) is 13.2 Å². The summed E-state index contributed by atoms with van der Waals surface area (Å²) in [5.74, 6) is 1.03. The topological polar surface area (TPSA) is 120 Å². The molecule has 0 spiro atoms. The molecule has 0 aliphatic rings. The average molecular weight is 400 g/mol. The van der Waals surface area contributed by atoms with Crippen LogP contribution in [0, 0.1) is 0 Å². The van der Waals surface area contributed by atoms with Crippen molar-refractivity contribution >= 4 is 32.4 Å². The third-order valence-electron chi connectivity index (χ3n) is 3.12. The van der Waals surface area contributed by atoms with Crippen molar-refractivity contribution in [2.24, 2.45) is 0 Å². The number of nitrogens with one attached hydrogen (secondary N) is 2. The van der Waals surface area contributed by atoms with Gasteiger partial charge in [0.15, 0.2) is 0 Å². The van der Waals surface area contributed by atoms with E-state index in [2.05, 4.69) is 20.2 Å². The van der Waals surface area contributed by atoms with Gasteiger partial charge >= 0.3 is 0 Å². The zero-order valence-corrected chi connectivity index (χ0v) is 16.2. The monoisotopic (exact) mass is 400 g/mol. The molecule has 0 aliphatic heterocycles. The molecule has 2 aromatic rings. The highest BCUT2D eigenvalue weighted by molar-refractivity contribution is 7.91. The fourth-order valence-electron chi connectivity index (χ4n) is 1.82. The Bertz CT molecular complexity index is 836. The number of nitrogens with zero attached hydrogens (tertiary/aromatic N) is 2. The minimum absolute atomic E-state index is 0.129. The van der Waals surface area contributed by atoms with Crippen LogP contribution in [0.5, 0.6) is 11.5 Å². The van der Waals surface area contributed by atoms with Crippen molar-refractivity contribution in [3.05, 3.63) is 24.3 Å². The van der Waals surface area contributed by atoms with Gasteiger partial charge in [0.25, 0.3) is 10.0 Å². The Morgan fingerprint density at radius 2 is 1.88 bits per heavy atom. The Hall–Kier alpha value is -2.24. The second-order valence-electron chi connectivity index (χ2n) is 5.28. The first-order valence-electron chi connectivity index (χ1n) is 7.76. The van der Waals surface area contributed by atoms with Crippen LogP contribution in [0.25, 0.3) is 0 Å². The van der Waals surface area contributed by atoms with Gasteiger partial charge in [-0.25, -0.2) is 13.1 Å². The maximum atomic E-state index is 12.3. The van der Waals surface area contributed by atoms with Gasteiger partial charge in [-0.1, -0.05) is 18.3 Å². The van der Waals surface area contributed by atoms with Gasteiger partial charge in [0.1, 0.15) is 18.1 Å². The smallest absolute Gasteiger partial charge is 0.270 e. The molecule has 2 rings (SSSR count). The van der Waals surface area contributed by atoms with Crippen LogP contribution in [0.2, 0.25) is 0 Å². The van der Waals surface area contributed by atoms with Crippen molar-refractivity contribution in [1.82, 2.24) is 14.9 Å². The van der Waals surface area contributed by atoms with Crippen LogP contribution < -0.4 is 19.5 Å². The molecule has 0 saturated carbocycles. The van der Waals surface area contributed by atoms with E-state index in [9.17, 15) is 13.2 Å². The molecule has 1 unspecified atom stereocenters. The van der Waals surface area contributed by atoms with E-state index in [1.165, 1.54) is 0 Å². The van der Waals surface area contributed by atoms with E-state index in [1.54, 1.807) is 45.2 Å². The molecule has 0 aliphatic carbocycles. The van der Waals surface area contributed by atoms with E-state index in [-0.39, 0.29) is 28.4 Å². The van der Waals surface area contributed by atoms with Crippen molar-refractivity contribution in [2.75, 3.05) is 19.0 Å². The molecule has 1 heterocycles. The average Bonchev–Trinajstić information content (AvgIpc) is 3.09. The molecule has 142 valence electrons. The van der Waals surface area contributed by atoms with Crippen molar-refractivity contribution < 1.29 is 22.7 Å². The molecule has 0 bridgehead atoms. The second kappa shape index (κ2) is 8.92. The van der Waals surface area contributed by atoms with Crippen LogP contribution >= 0.6 is 11.3 Å². The summed E-state index contributed by atoms with van der Waals surface area (Å²) in [5.41, 5.74) is 0. The van der Waals surface area contributed by atoms with Crippen molar-refractivity contribution in [1.29, 1.82) is 0 Å². The first kappa shape index (κ1) is 20.1. The minimum atomic E-state index is -3.85. The van der Waals surface area contributed by atoms with Crippen LogP contribution in [-0.2, 0) is 14.8 Å². The molecule has 11 heteroatoms. The zero-order chi connectivity index (χ0) is 19.2. The van der Waals surface area contributed by atoms with Crippen LogP contribution in [-0.4, -0.2) is 44.3 Å². The molecule has 9 nitrogen and oxygen atoms in total. The predicted octanol–water partition coefficient (Wildman–Crippen LogP) is 1.64. The van der Waals surface area contributed by atoms with Gasteiger partial charge < -0.3 is 14.8 Å². The summed E-state index contributed by atoms with van der Waals surface area (Å²) >= 11 is 0.785. The van der Waals surface area contributed by atoms with Gasteiger partial charge in [-0.05, 0) is 31.2 Å². The number of ether oxygens (including phenoxy) is 2. The number of benzene rings is 1. The number of hydrogen-bond donors (Lipinski definition) is 2. The lowest BCUT2D eigenvalue weighted by Crippen LogP contribution is -2.36. The van der Waals surface area contributed by atoms with Crippen LogP contribution in [0.4, 0.5) is 5.13 Å². The molecule has 1 atom stereocenters. The number of hydrogen-bond acceptors (Lipinski definition) is 8. The fraction of sp³-hybridized carbons (Fsp3) is 0.400. The van der Waals surface area contributed by atoms with E-state index in [1.807, 2.05) is 0 Å². The Balaban J connectivity index is 1.92. The molecule has 26 heavy (non-hydrogen) atoms. The first-order valence-corrected chi connectivity index (χ1v) is 10.1. The van der Waals surface area contributed by atoms with E-state index in [4.69, 9.17) is 9.47 Å². The fourth-order valence-corrected chi connectivity index (χ4v) is 3.98. The summed E-state index contributed by atoms with van der Waals surface area (Å²) in [4.78, 5) is 11.3. The van der Waals surface area contributed by atoms with Crippen molar-refractivity contribution in [3.63, 3.8) is 0 Å². The number of anilines is 1. The summed E-state index contributed by atoms with van der Waals surface area (Å²) < 4.78 is 37.5. The highest BCUT2D eigenvalue weighted by atomic mass is 32.2. The lowest BCUT2D eigenvalue weighted by molar-refractivity contribution is -0.115. The van der Waals surface area contributed by atoms with E-state index in [0.29, 0.717) is 11.5 Å². The van der Waals surface area contributed by atoms with E-state index < -0.39 is 16.1 Å². The Labute approximate surface area is 155 Å². The van der Waals surface area contributed by atoms with Crippen LogP contribution in [0.1, 0.15) is 20.3 Å². The van der Waals surface area contributed by atoms with Gasteiger partial charge in [-0.15, -0.1) is 10.2 Å². The molecule has 0 saturated heterocycles. The Morgan fingerprint density at radius 1 is 1.23 bits per heavy atom. The summed E-state index contributed by atoms with van der Waals surface area (Å²) in [5, 5.41) is 9.89. The van der Waals surface area contributed by atoms with Crippen LogP contribution in [0.15, 0.2) is 28.6 Å². The number of rotatable bonds is 9. The highest BCUT2D eigenvalue weighted by Crippen LogP contribution is 2.20. The quantitative estimate of drug-likeness (QED) is 0.614. The van der Waals surface area contributed by atoms with Crippen LogP contribution in [0.3, 0.4) is 0 Å². The predicted molar refractivity (Wildman–Crippen MR) is 97.1 cm³/mol. The molecular weight excluding hydrogens is 380 g/mol. The third-order valence-corrected chi connectivity index (χ3v) is 5.92. The maximum Gasteiger partial charge on any atom is 0.270 e. The summed E-state index contributed by atoms with van der Waals surface area (Å²) in [6, 6.07) is 6.45. The normalized spacial score (nSPS) is 12.4.